The van der Waals surface area contributed by atoms with Gasteiger partial charge in [-0.05, 0) is 59.6 Å². The predicted octanol–water partition coefficient (Wildman–Crippen LogP) is 8.36. The topological polar surface area (TPSA) is 44.5 Å². The Kier molecular flexibility index (Phi) is 7.87. The number of aromatic hydroxyl groups is 1. The van der Waals surface area contributed by atoms with Crippen LogP contribution in [0.3, 0.4) is 0 Å². The van der Waals surface area contributed by atoms with E-state index in [4.69, 9.17) is 4.98 Å². The molecule has 0 amide bonds. The van der Waals surface area contributed by atoms with E-state index >= 15 is 0 Å². The van der Waals surface area contributed by atoms with Gasteiger partial charge in [-0.15, -0.1) is 12.4 Å². The average Bonchev–Trinajstić information content (AvgIpc) is 3.59. The van der Waals surface area contributed by atoms with Gasteiger partial charge in [0.05, 0.1) is 16.8 Å². The number of anilines is 2. The maximum atomic E-state index is 11.0. The van der Waals surface area contributed by atoms with Crippen molar-refractivity contribution in [1.82, 2.24) is 9.55 Å². The third-order valence-corrected chi connectivity index (χ3v) is 7.26. The minimum absolute atomic E-state index is 0. The van der Waals surface area contributed by atoms with Crippen LogP contribution in [0.25, 0.3) is 28.1 Å². The smallest absolute Gasteiger partial charge is 0.507 e. The van der Waals surface area contributed by atoms with E-state index in [0.29, 0.717) is 17.4 Å². The summed E-state index contributed by atoms with van der Waals surface area (Å²) in [5, 5.41) is 11.0. The first-order valence-corrected chi connectivity index (χ1v) is 13.4. The van der Waals surface area contributed by atoms with Crippen LogP contribution in [-0.2, 0) is 21.1 Å². The van der Waals surface area contributed by atoms with Gasteiger partial charge in [0.2, 0.25) is 0 Å². The van der Waals surface area contributed by atoms with Gasteiger partial charge in [0.15, 0.2) is 0 Å². The van der Waals surface area contributed by atoms with Gasteiger partial charge in [0.25, 0.3) is 0 Å². The standard InChI is InChI=1S/C34H32N4O.Pt/c1-23(2)26-15-10-16-27(24(3)4)33(26)38-30-18-11-17-29(32(30)35-34(38)28-14-8-9-19-31(28)39)37-21-20-36(22-37)25-12-6-5-7-13-25;/h5-12,14-24,39H,1-4H3;/q-2;+2. The Balaban J connectivity index is 0.00000323. The van der Waals surface area contributed by atoms with Crippen LogP contribution in [-0.4, -0.2) is 14.7 Å². The van der Waals surface area contributed by atoms with E-state index in [1.165, 1.54) is 11.1 Å². The monoisotopic (exact) mass is 707 g/mol. The van der Waals surface area contributed by atoms with Crippen molar-refractivity contribution in [2.75, 3.05) is 9.80 Å². The van der Waals surface area contributed by atoms with Crippen molar-refractivity contribution in [3.8, 4) is 22.8 Å². The first-order valence-electron chi connectivity index (χ1n) is 13.4. The Morgan fingerprint density at radius 3 is 2.12 bits per heavy atom. The molecule has 0 bridgehead atoms. The number of rotatable bonds is 6. The summed E-state index contributed by atoms with van der Waals surface area (Å²) in [5.41, 5.74) is 8.14. The van der Waals surface area contributed by atoms with Crippen LogP contribution in [0.1, 0.15) is 50.7 Å². The number of phenols is 1. The van der Waals surface area contributed by atoms with E-state index in [1.54, 1.807) is 6.07 Å². The summed E-state index contributed by atoms with van der Waals surface area (Å²) in [7, 11) is 0. The van der Waals surface area contributed by atoms with Gasteiger partial charge < -0.3 is 14.9 Å². The molecule has 40 heavy (non-hydrogen) atoms. The molecule has 1 aliphatic rings. The first kappa shape index (κ1) is 27.7. The van der Waals surface area contributed by atoms with Crippen molar-refractivity contribution in [1.29, 1.82) is 0 Å². The van der Waals surface area contributed by atoms with Gasteiger partial charge in [-0.3, -0.25) is 4.57 Å². The SMILES string of the molecule is CC(C)c1cccc(C(C)C)c1-n1c(-c2ccccc2O)nc2c(N3C=CN(c4[c-]cccc4)[CH-]3)cccc21.[Pt+2]. The van der Waals surface area contributed by atoms with Crippen molar-refractivity contribution in [2.24, 2.45) is 0 Å². The van der Waals surface area contributed by atoms with Crippen LogP contribution in [0.4, 0.5) is 11.4 Å². The molecular weight excluding hydrogens is 675 g/mol. The molecule has 1 N–H and O–H groups in total. The normalized spacial score (nSPS) is 13.1. The fourth-order valence-electron chi connectivity index (χ4n) is 5.32. The Labute approximate surface area is 250 Å². The van der Waals surface area contributed by atoms with Gasteiger partial charge in [0, 0.05) is 5.69 Å². The van der Waals surface area contributed by atoms with E-state index < -0.39 is 0 Å². The number of para-hydroxylation sites is 4. The first-order chi connectivity index (χ1) is 18.9. The molecule has 0 saturated heterocycles. The molecule has 6 rings (SSSR count). The molecule has 6 heteroatoms. The maximum Gasteiger partial charge on any atom is 2.00 e. The van der Waals surface area contributed by atoms with E-state index in [9.17, 15) is 5.11 Å². The van der Waals surface area contributed by atoms with Gasteiger partial charge in [-0.1, -0.05) is 64.1 Å². The fourth-order valence-corrected chi connectivity index (χ4v) is 5.32. The molecule has 1 aromatic heterocycles. The molecule has 0 aliphatic carbocycles. The predicted molar refractivity (Wildman–Crippen MR) is 160 cm³/mol. The second-order valence-electron chi connectivity index (χ2n) is 10.5. The van der Waals surface area contributed by atoms with Crippen molar-refractivity contribution in [3.63, 3.8) is 0 Å². The Hall–Kier alpha value is -3.82. The number of nitrogens with zero attached hydrogens (tertiary/aromatic N) is 4. The molecule has 5 aromatic rings. The quantitative estimate of drug-likeness (QED) is 0.180. The average molecular weight is 708 g/mol. The minimum Gasteiger partial charge on any atom is -0.507 e. The van der Waals surface area contributed by atoms with Gasteiger partial charge in [0.1, 0.15) is 17.1 Å². The largest absolute Gasteiger partial charge is 2.00 e. The summed E-state index contributed by atoms with van der Waals surface area (Å²) in [5.74, 6) is 1.55. The minimum atomic E-state index is 0. The summed E-state index contributed by atoms with van der Waals surface area (Å²) in [4.78, 5) is 9.38. The summed E-state index contributed by atoms with van der Waals surface area (Å²) >= 11 is 0. The molecule has 5 nitrogen and oxygen atoms in total. The number of benzene rings is 4. The molecule has 2 heterocycles. The number of fused-ring (bicyclic) bond motifs is 1. The second kappa shape index (κ2) is 11.3. The second-order valence-corrected chi connectivity index (χ2v) is 10.5. The molecular formula is C34H32N4OPt. The summed E-state index contributed by atoms with van der Waals surface area (Å²) in [6, 6.07) is 31.5. The maximum absolute atomic E-state index is 11.0. The third kappa shape index (κ3) is 4.84. The zero-order valence-electron chi connectivity index (χ0n) is 23.0. The van der Waals surface area contributed by atoms with Crippen molar-refractivity contribution in [2.45, 2.75) is 39.5 Å². The van der Waals surface area contributed by atoms with Crippen LogP contribution in [0.2, 0.25) is 0 Å². The van der Waals surface area contributed by atoms with Crippen molar-refractivity contribution >= 4 is 22.4 Å². The number of hydrogen-bond acceptors (Lipinski definition) is 4. The third-order valence-electron chi connectivity index (χ3n) is 7.26. The van der Waals surface area contributed by atoms with Gasteiger partial charge >= 0.3 is 21.1 Å². The number of phenolic OH excluding ortho intramolecular Hbond substituents is 1. The zero-order chi connectivity index (χ0) is 27.1. The van der Waals surface area contributed by atoms with Crippen molar-refractivity contribution in [3.05, 3.63) is 121 Å². The molecule has 0 spiro atoms. The summed E-state index contributed by atoms with van der Waals surface area (Å²) in [6.45, 7) is 11.0. The Morgan fingerprint density at radius 1 is 0.775 bits per heavy atom. The van der Waals surface area contributed by atoms with Crippen LogP contribution in [0.15, 0.2) is 97.3 Å². The van der Waals surface area contributed by atoms with E-state index in [-0.39, 0.29) is 26.8 Å². The Morgan fingerprint density at radius 2 is 1.45 bits per heavy atom. The Bertz CT molecular complexity index is 1650. The molecule has 1 aliphatic heterocycles. The zero-order valence-corrected chi connectivity index (χ0v) is 25.3. The molecule has 0 fully saturated rings. The van der Waals surface area contributed by atoms with Gasteiger partial charge in [-0.2, -0.15) is 30.3 Å². The number of hydrogen-bond donors (Lipinski definition) is 1. The van der Waals surface area contributed by atoms with Crippen LogP contribution in [0.5, 0.6) is 5.75 Å². The van der Waals surface area contributed by atoms with Crippen molar-refractivity contribution < 1.29 is 26.2 Å². The van der Waals surface area contributed by atoms with E-state index in [0.717, 1.165) is 33.9 Å². The van der Waals surface area contributed by atoms with Gasteiger partial charge in [-0.25, -0.2) is 4.98 Å². The molecule has 0 saturated carbocycles. The number of aromatic nitrogens is 2. The molecule has 0 radical (unpaired) electrons. The van der Waals surface area contributed by atoms with Crippen LogP contribution < -0.4 is 9.80 Å². The summed E-state index contributed by atoms with van der Waals surface area (Å²) in [6.07, 6.45) is 4.06. The molecule has 4 aromatic carbocycles. The summed E-state index contributed by atoms with van der Waals surface area (Å²) < 4.78 is 2.25. The van der Waals surface area contributed by atoms with Crippen LogP contribution in [0, 0.1) is 12.7 Å². The molecule has 0 unspecified atom stereocenters. The fraction of sp³-hybridized carbons (Fsp3) is 0.176. The molecule has 204 valence electrons. The van der Waals surface area contributed by atoms with Crippen LogP contribution >= 0.6 is 0 Å². The van der Waals surface area contributed by atoms with E-state index in [1.807, 2.05) is 66.4 Å². The molecule has 0 atom stereocenters. The number of imidazole rings is 1. The van der Waals surface area contributed by atoms with E-state index in [2.05, 4.69) is 79.6 Å².